The van der Waals surface area contributed by atoms with E-state index in [0.29, 0.717) is 22.8 Å². The van der Waals surface area contributed by atoms with Crippen LogP contribution in [-0.4, -0.2) is 38.1 Å². The zero-order valence-corrected chi connectivity index (χ0v) is 17.3. The number of para-hydroxylation sites is 1. The second kappa shape index (κ2) is 8.27. The molecule has 0 atom stereocenters. The van der Waals surface area contributed by atoms with Crippen molar-refractivity contribution in [1.82, 2.24) is 4.98 Å². The molecule has 3 aromatic carbocycles. The van der Waals surface area contributed by atoms with Crippen LogP contribution in [0.3, 0.4) is 0 Å². The van der Waals surface area contributed by atoms with Crippen LogP contribution in [0.2, 0.25) is 0 Å². The lowest BCUT2D eigenvalue weighted by Gasteiger charge is -2.20. The van der Waals surface area contributed by atoms with Crippen molar-refractivity contribution in [3.8, 4) is 0 Å². The highest BCUT2D eigenvalue weighted by atomic mass is 32.1. The van der Waals surface area contributed by atoms with Crippen molar-refractivity contribution >= 4 is 43.4 Å². The lowest BCUT2D eigenvalue weighted by atomic mass is 10.1. The molecule has 0 aliphatic carbocycles. The molecular weight excluding hydrogens is 385 g/mol. The maximum absolute atomic E-state index is 14.2. The second-order valence-corrected chi connectivity index (χ2v) is 8.42. The van der Waals surface area contributed by atoms with Gasteiger partial charge in [0.15, 0.2) is 5.13 Å². The Morgan fingerprint density at radius 3 is 2.62 bits per heavy atom. The molecule has 1 N–H and O–H groups in total. The van der Waals surface area contributed by atoms with Crippen LogP contribution in [0.25, 0.3) is 21.0 Å². The number of hydrogen-bond acceptors (Lipinski definition) is 3. The molecule has 148 valence electrons. The summed E-state index contributed by atoms with van der Waals surface area (Å²) in [4.78, 5) is 20.9. The van der Waals surface area contributed by atoms with Crippen LogP contribution in [0.1, 0.15) is 16.8 Å². The number of carbonyl (C=O) groups excluding carboxylic acids is 1. The fourth-order valence-corrected chi connectivity index (χ4v) is 4.38. The van der Waals surface area contributed by atoms with Crippen molar-refractivity contribution in [2.45, 2.75) is 6.42 Å². The summed E-state index contributed by atoms with van der Waals surface area (Å²) in [5.74, 6) is -0.468. The fraction of sp³-hybridized carbons (Fsp3) is 0.217. The second-order valence-electron chi connectivity index (χ2n) is 7.41. The van der Waals surface area contributed by atoms with Crippen LogP contribution in [0.4, 0.5) is 9.52 Å². The maximum Gasteiger partial charge on any atom is 0.260 e. The van der Waals surface area contributed by atoms with E-state index in [1.165, 1.54) is 22.3 Å². The third-order valence-electron chi connectivity index (χ3n) is 4.89. The number of fused-ring (bicyclic) bond motifs is 2. The van der Waals surface area contributed by atoms with Crippen molar-refractivity contribution < 1.29 is 14.1 Å². The van der Waals surface area contributed by atoms with Crippen LogP contribution in [0.15, 0.2) is 60.7 Å². The number of nitrogens with zero attached hydrogens (tertiary/aromatic N) is 2. The first-order valence-electron chi connectivity index (χ1n) is 9.67. The number of carbonyl (C=O) groups is 1. The molecule has 1 amide bonds. The number of benzene rings is 3. The van der Waals surface area contributed by atoms with Gasteiger partial charge in [0.05, 0.1) is 25.3 Å². The summed E-state index contributed by atoms with van der Waals surface area (Å²) in [5.41, 5.74) is 0.933. The Labute approximate surface area is 173 Å². The molecule has 0 aliphatic heterocycles. The summed E-state index contributed by atoms with van der Waals surface area (Å²) in [7, 11) is 4.17. The van der Waals surface area contributed by atoms with Gasteiger partial charge in [0.1, 0.15) is 11.3 Å². The predicted octanol–water partition coefficient (Wildman–Crippen LogP) is 3.77. The molecule has 1 heterocycles. The molecule has 4 nitrogen and oxygen atoms in total. The van der Waals surface area contributed by atoms with Gasteiger partial charge in [0, 0.05) is 18.5 Å². The lowest BCUT2D eigenvalue weighted by molar-refractivity contribution is -0.858. The molecule has 4 aromatic rings. The van der Waals surface area contributed by atoms with E-state index in [1.54, 1.807) is 11.0 Å². The summed E-state index contributed by atoms with van der Waals surface area (Å²) in [6.45, 7) is 1.47. The predicted molar refractivity (Wildman–Crippen MR) is 117 cm³/mol. The monoisotopic (exact) mass is 408 g/mol. The Morgan fingerprint density at radius 1 is 1.07 bits per heavy atom. The van der Waals surface area contributed by atoms with Crippen LogP contribution < -0.4 is 9.80 Å². The first-order valence-corrected chi connectivity index (χ1v) is 10.5. The van der Waals surface area contributed by atoms with Crippen molar-refractivity contribution in [3.05, 3.63) is 72.0 Å². The minimum Gasteiger partial charge on any atom is -0.340 e. The van der Waals surface area contributed by atoms with E-state index in [4.69, 9.17) is 0 Å². The Morgan fingerprint density at radius 2 is 1.86 bits per heavy atom. The van der Waals surface area contributed by atoms with Crippen LogP contribution >= 0.6 is 11.3 Å². The minimum atomic E-state index is -0.360. The smallest absolute Gasteiger partial charge is 0.260 e. The van der Waals surface area contributed by atoms with E-state index in [2.05, 4.69) is 19.1 Å². The average molecular weight is 409 g/mol. The first-order chi connectivity index (χ1) is 14.0. The van der Waals surface area contributed by atoms with Gasteiger partial charge in [0.2, 0.25) is 0 Å². The topological polar surface area (TPSA) is 37.6 Å². The van der Waals surface area contributed by atoms with Gasteiger partial charge in [-0.25, -0.2) is 9.37 Å². The zero-order valence-electron chi connectivity index (χ0n) is 16.5. The van der Waals surface area contributed by atoms with E-state index < -0.39 is 0 Å². The number of aromatic nitrogens is 1. The summed E-state index contributed by atoms with van der Waals surface area (Å²) in [5, 5.41) is 2.65. The van der Waals surface area contributed by atoms with Gasteiger partial charge in [-0.3, -0.25) is 9.69 Å². The van der Waals surface area contributed by atoms with Gasteiger partial charge in [-0.05, 0) is 35.0 Å². The van der Waals surface area contributed by atoms with Crippen molar-refractivity contribution in [3.63, 3.8) is 0 Å². The molecule has 0 radical (unpaired) electrons. The number of quaternary nitrogens is 1. The van der Waals surface area contributed by atoms with Crippen LogP contribution in [0, 0.1) is 5.82 Å². The molecule has 0 saturated heterocycles. The lowest BCUT2D eigenvalue weighted by Crippen LogP contribution is -3.05. The molecule has 0 unspecified atom stereocenters. The van der Waals surface area contributed by atoms with Gasteiger partial charge in [-0.1, -0.05) is 47.7 Å². The molecule has 29 heavy (non-hydrogen) atoms. The highest BCUT2D eigenvalue weighted by Gasteiger charge is 2.22. The number of nitrogens with one attached hydrogen (secondary N) is 1. The van der Waals surface area contributed by atoms with E-state index in [9.17, 15) is 9.18 Å². The SMILES string of the molecule is C[NH+](C)CCCN(C(=O)c1ccc2ccccc2c1)c1nc2c(F)cccc2s1. The largest absolute Gasteiger partial charge is 0.340 e. The molecule has 0 saturated carbocycles. The van der Waals surface area contributed by atoms with Crippen LogP contribution in [-0.2, 0) is 0 Å². The Hall–Kier alpha value is -2.83. The summed E-state index contributed by atoms with van der Waals surface area (Å²) in [6, 6.07) is 18.6. The minimum absolute atomic E-state index is 0.107. The number of amides is 1. The Balaban J connectivity index is 1.71. The van der Waals surface area contributed by atoms with Gasteiger partial charge in [0.25, 0.3) is 5.91 Å². The zero-order chi connectivity index (χ0) is 20.4. The number of hydrogen-bond donors (Lipinski definition) is 1. The Bertz CT molecular complexity index is 1170. The number of anilines is 1. The summed E-state index contributed by atoms with van der Waals surface area (Å²) < 4.78 is 14.9. The molecule has 0 fully saturated rings. The summed E-state index contributed by atoms with van der Waals surface area (Å²) >= 11 is 1.35. The van der Waals surface area contributed by atoms with E-state index in [1.807, 2.05) is 48.5 Å². The molecular formula is C23H23FN3OS+. The number of rotatable bonds is 6. The van der Waals surface area contributed by atoms with E-state index >= 15 is 0 Å². The first kappa shape index (κ1) is 19.5. The highest BCUT2D eigenvalue weighted by Crippen LogP contribution is 2.31. The van der Waals surface area contributed by atoms with Gasteiger partial charge in [-0.2, -0.15) is 0 Å². The van der Waals surface area contributed by atoms with Crippen molar-refractivity contribution in [2.24, 2.45) is 0 Å². The quantitative estimate of drug-likeness (QED) is 0.527. The van der Waals surface area contributed by atoms with Crippen molar-refractivity contribution in [2.75, 3.05) is 32.1 Å². The van der Waals surface area contributed by atoms with Gasteiger partial charge < -0.3 is 4.90 Å². The van der Waals surface area contributed by atoms with E-state index in [-0.39, 0.29) is 11.7 Å². The molecule has 1 aromatic heterocycles. The molecule has 0 spiro atoms. The van der Waals surface area contributed by atoms with Gasteiger partial charge >= 0.3 is 0 Å². The third kappa shape index (κ3) is 4.13. The molecule has 6 heteroatoms. The molecule has 0 bridgehead atoms. The average Bonchev–Trinajstić information content (AvgIpc) is 3.15. The highest BCUT2D eigenvalue weighted by molar-refractivity contribution is 7.22. The van der Waals surface area contributed by atoms with Gasteiger partial charge in [-0.15, -0.1) is 0 Å². The summed E-state index contributed by atoms with van der Waals surface area (Å²) in [6.07, 6.45) is 0.833. The molecule has 4 rings (SSSR count). The van der Waals surface area contributed by atoms with Crippen molar-refractivity contribution in [1.29, 1.82) is 0 Å². The maximum atomic E-state index is 14.2. The fourth-order valence-electron chi connectivity index (χ4n) is 3.37. The molecule has 0 aliphatic rings. The third-order valence-corrected chi connectivity index (χ3v) is 5.93. The van der Waals surface area contributed by atoms with E-state index in [0.717, 1.165) is 28.4 Å². The standard InChI is InChI=1S/C23H22FN3OS/c1-26(2)13-6-14-27(23-25-21-19(24)9-5-10-20(21)29-23)22(28)18-12-11-16-7-3-4-8-17(16)15-18/h3-5,7-12,15H,6,13-14H2,1-2H3/p+1. The normalized spacial score (nSPS) is 11.4. The Kier molecular flexibility index (Phi) is 5.56. The number of thiazole rings is 1. The number of halogens is 1. The van der Waals surface area contributed by atoms with Crippen LogP contribution in [0.5, 0.6) is 0 Å².